The molecule has 114 valence electrons. The summed E-state index contributed by atoms with van der Waals surface area (Å²) >= 11 is 1.64. The first-order valence-corrected chi connectivity index (χ1v) is 9.36. The summed E-state index contributed by atoms with van der Waals surface area (Å²) in [4.78, 5) is 0.360. The van der Waals surface area contributed by atoms with Gasteiger partial charge in [-0.1, -0.05) is 6.07 Å². The second-order valence-electron chi connectivity index (χ2n) is 5.07. The van der Waals surface area contributed by atoms with Gasteiger partial charge in [0, 0.05) is 25.4 Å². The van der Waals surface area contributed by atoms with Crippen molar-refractivity contribution in [2.75, 3.05) is 19.1 Å². The standard InChI is InChI=1S/C14H24N2O2S2/c1-10-6-11(2)14(7-13(10)8-15)20(17,18)16(4)12(3)9-19-5/h6-7,12H,8-9,15H2,1-5H3. The quantitative estimate of drug-likeness (QED) is 0.873. The summed E-state index contributed by atoms with van der Waals surface area (Å²) < 4.78 is 26.9. The minimum absolute atomic E-state index is 0.0444. The zero-order valence-corrected chi connectivity index (χ0v) is 14.4. The van der Waals surface area contributed by atoms with Crippen molar-refractivity contribution in [3.05, 3.63) is 28.8 Å². The molecule has 1 aromatic carbocycles. The Balaban J connectivity index is 3.28. The molecule has 0 aliphatic heterocycles. The van der Waals surface area contributed by atoms with Gasteiger partial charge in [0.15, 0.2) is 0 Å². The number of thioether (sulfide) groups is 1. The molecule has 1 rings (SSSR count). The maximum atomic E-state index is 12.7. The van der Waals surface area contributed by atoms with Gasteiger partial charge in [0.2, 0.25) is 10.0 Å². The van der Waals surface area contributed by atoms with Gasteiger partial charge in [-0.2, -0.15) is 16.1 Å². The van der Waals surface area contributed by atoms with Gasteiger partial charge in [0.1, 0.15) is 0 Å². The molecule has 0 saturated carbocycles. The summed E-state index contributed by atoms with van der Waals surface area (Å²) in [6, 6.07) is 3.56. The molecule has 0 fully saturated rings. The number of hydrogen-bond donors (Lipinski definition) is 1. The summed E-state index contributed by atoms with van der Waals surface area (Å²) in [5.74, 6) is 0.768. The topological polar surface area (TPSA) is 63.4 Å². The fourth-order valence-electron chi connectivity index (χ4n) is 2.11. The van der Waals surface area contributed by atoms with Crippen LogP contribution in [0.2, 0.25) is 0 Å². The van der Waals surface area contributed by atoms with Gasteiger partial charge in [-0.15, -0.1) is 0 Å². The summed E-state index contributed by atoms with van der Waals surface area (Å²) in [6.07, 6.45) is 1.97. The van der Waals surface area contributed by atoms with Gasteiger partial charge < -0.3 is 5.73 Å². The zero-order chi connectivity index (χ0) is 15.5. The minimum Gasteiger partial charge on any atom is -0.326 e. The van der Waals surface area contributed by atoms with Crippen LogP contribution in [0, 0.1) is 13.8 Å². The van der Waals surface area contributed by atoms with Crippen LogP contribution in [0.4, 0.5) is 0 Å². The summed E-state index contributed by atoms with van der Waals surface area (Å²) in [7, 11) is -1.84. The van der Waals surface area contributed by atoms with Crippen molar-refractivity contribution in [3.8, 4) is 0 Å². The molecule has 2 N–H and O–H groups in total. The molecule has 4 nitrogen and oxygen atoms in total. The van der Waals surface area contributed by atoms with Crippen LogP contribution in [0.3, 0.4) is 0 Å². The monoisotopic (exact) mass is 316 g/mol. The predicted octanol–water partition coefficient (Wildman–Crippen LogP) is 2.13. The fraction of sp³-hybridized carbons (Fsp3) is 0.571. The molecule has 1 aromatic rings. The van der Waals surface area contributed by atoms with Crippen LogP contribution in [0.1, 0.15) is 23.6 Å². The second kappa shape index (κ2) is 6.93. The first-order valence-electron chi connectivity index (χ1n) is 6.52. The van der Waals surface area contributed by atoms with Gasteiger partial charge >= 0.3 is 0 Å². The van der Waals surface area contributed by atoms with Crippen LogP contribution in [-0.2, 0) is 16.6 Å². The lowest BCUT2D eigenvalue weighted by Gasteiger charge is -2.25. The van der Waals surface area contributed by atoms with E-state index in [1.165, 1.54) is 4.31 Å². The molecule has 1 atom stereocenters. The van der Waals surface area contributed by atoms with Crippen molar-refractivity contribution < 1.29 is 8.42 Å². The summed E-state index contributed by atoms with van der Waals surface area (Å²) in [5.41, 5.74) is 8.36. The van der Waals surface area contributed by atoms with E-state index in [-0.39, 0.29) is 6.04 Å². The highest BCUT2D eigenvalue weighted by molar-refractivity contribution is 7.98. The maximum Gasteiger partial charge on any atom is 0.243 e. The number of hydrogen-bond acceptors (Lipinski definition) is 4. The van der Waals surface area contributed by atoms with Crippen molar-refractivity contribution in [1.82, 2.24) is 4.31 Å². The zero-order valence-electron chi connectivity index (χ0n) is 12.8. The van der Waals surface area contributed by atoms with Gasteiger partial charge in [-0.05, 0) is 49.8 Å². The van der Waals surface area contributed by atoms with Gasteiger partial charge in [-0.25, -0.2) is 8.42 Å². The Morgan fingerprint density at radius 1 is 1.30 bits per heavy atom. The minimum atomic E-state index is -3.48. The van der Waals surface area contributed by atoms with E-state index in [2.05, 4.69) is 0 Å². The van der Waals surface area contributed by atoms with E-state index in [0.29, 0.717) is 11.4 Å². The molecule has 1 unspecified atom stereocenters. The molecule has 0 amide bonds. The average Bonchev–Trinajstić information content (AvgIpc) is 2.37. The third-order valence-corrected chi connectivity index (χ3v) is 6.47. The third-order valence-electron chi connectivity index (χ3n) is 3.54. The molecule has 0 bridgehead atoms. The van der Waals surface area contributed by atoms with Crippen molar-refractivity contribution in [2.24, 2.45) is 5.73 Å². The van der Waals surface area contributed by atoms with Crippen molar-refractivity contribution in [3.63, 3.8) is 0 Å². The number of nitrogens with zero attached hydrogens (tertiary/aromatic N) is 1. The van der Waals surface area contributed by atoms with E-state index >= 15 is 0 Å². The third kappa shape index (κ3) is 3.55. The molecule has 0 aromatic heterocycles. The van der Waals surface area contributed by atoms with E-state index < -0.39 is 10.0 Å². The van der Waals surface area contributed by atoms with E-state index in [1.807, 2.05) is 33.1 Å². The highest BCUT2D eigenvalue weighted by Crippen LogP contribution is 2.24. The molecule has 0 saturated heterocycles. The number of rotatable bonds is 6. The van der Waals surface area contributed by atoms with Crippen molar-refractivity contribution in [1.29, 1.82) is 0 Å². The molecular weight excluding hydrogens is 292 g/mol. The molecule has 0 spiro atoms. The molecule has 0 aliphatic rings. The largest absolute Gasteiger partial charge is 0.326 e. The van der Waals surface area contributed by atoms with Crippen LogP contribution >= 0.6 is 11.8 Å². The highest BCUT2D eigenvalue weighted by atomic mass is 32.2. The van der Waals surface area contributed by atoms with Crippen molar-refractivity contribution in [2.45, 2.75) is 38.3 Å². The van der Waals surface area contributed by atoms with Gasteiger partial charge in [-0.3, -0.25) is 0 Å². The van der Waals surface area contributed by atoms with E-state index in [9.17, 15) is 8.42 Å². The highest BCUT2D eigenvalue weighted by Gasteiger charge is 2.27. The summed E-state index contributed by atoms with van der Waals surface area (Å²) in [6.45, 7) is 6.04. The van der Waals surface area contributed by atoms with Crippen LogP contribution in [-0.4, -0.2) is 37.8 Å². The average molecular weight is 316 g/mol. The van der Waals surface area contributed by atoms with E-state index in [4.69, 9.17) is 5.73 Å². The summed E-state index contributed by atoms with van der Waals surface area (Å²) in [5, 5.41) is 0. The lowest BCUT2D eigenvalue weighted by Crippen LogP contribution is -2.37. The van der Waals surface area contributed by atoms with Crippen molar-refractivity contribution >= 4 is 21.8 Å². The first kappa shape index (κ1) is 17.5. The maximum absolute atomic E-state index is 12.7. The first-order chi connectivity index (χ1) is 9.25. The molecule has 6 heteroatoms. The normalized spacial score (nSPS) is 13.8. The van der Waals surface area contributed by atoms with Crippen LogP contribution in [0.15, 0.2) is 17.0 Å². The van der Waals surface area contributed by atoms with Crippen LogP contribution < -0.4 is 5.73 Å². The van der Waals surface area contributed by atoms with E-state index in [1.54, 1.807) is 24.9 Å². The molecule has 0 radical (unpaired) electrons. The number of nitrogens with two attached hydrogens (primary N) is 1. The Kier molecular flexibility index (Phi) is 6.06. The number of aryl methyl sites for hydroxylation is 2. The fourth-order valence-corrected chi connectivity index (χ4v) is 4.53. The predicted molar refractivity (Wildman–Crippen MR) is 86.6 cm³/mol. The Hall–Kier alpha value is -0.560. The Bertz CT molecular complexity index is 571. The van der Waals surface area contributed by atoms with Gasteiger partial charge in [0.05, 0.1) is 4.90 Å². The van der Waals surface area contributed by atoms with Crippen LogP contribution in [0.25, 0.3) is 0 Å². The number of benzene rings is 1. The molecular formula is C14H24N2O2S2. The molecule has 0 heterocycles. The SMILES string of the molecule is CSCC(C)N(C)S(=O)(=O)c1cc(CN)c(C)cc1C. The Morgan fingerprint density at radius 3 is 2.40 bits per heavy atom. The van der Waals surface area contributed by atoms with Gasteiger partial charge in [0.25, 0.3) is 0 Å². The second-order valence-corrected chi connectivity index (χ2v) is 7.95. The number of sulfonamides is 1. The lowest BCUT2D eigenvalue weighted by atomic mass is 10.1. The Labute approximate surface area is 126 Å². The molecule has 20 heavy (non-hydrogen) atoms. The lowest BCUT2D eigenvalue weighted by molar-refractivity contribution is 0.414. The Morgan fingerprint density at radius 2 is 1.90 bits per heavy atom. The van der Waals surface area contributed by atoms with E-state index in [0.717, 1.165) is 22.4 Å². The molecule has 0 aliphatic carbocycles. The van der Waals surface area contributed by atoms with Crippen LogP contribution in [0.5, 0.6) is 0 Å². The smallest absolute Gasteiger partial charge is 0.243 e.